The number of halogens is 1. The quantitative estimate of drug-likeness (QED) is 0.673. The fourth-order valence-corrected chi connectivity index (χ4v) is 1.32. The molecule has 0 fully saturated rings. The second-order valence-corrected chi connectivity index (χ2v) is 3.40. The lowest BCUT2D eigenvalue weighted by Gasteiger charge is -2.00. The number of allylic oxidation sites excluding steroid dienone is 2. The Balaban J connectivity index is 2.69. The molecule has 0 unspecified atom stereocenters. The van der Waals surface area contributed by atoms with Gasteiger partial charge in [-0.1, -0.05) is 17.7 Å². The highest BCUT2D eigenvalue weighted by Gasteiger charge is 1.96. The van der Waals surface area contributed by atoms with Gasteiger partial charge in [0.05, 0.1) is 0 Å². The highest BCUT2D eigenvalue weighted by molar-refractivity contribution is 5.87. The van der Waals surface area contributed by atoms with E-state index >= 15 is 0 Å². The zero-order valence-corrected chi connectivity index (χ0v) is 8.38. The van der Waals surface area contributed by atoms with Crippen molar-refractivity contribution >= 4 is 5.78 Å². The molecule has 0 aromatic heterocycles. The van der Waals surface area contributed by atoms with Crippen LogP contribution in [0.25, 0.3) is 0 Å². The number of carbonyl (C=O) groups excluding carboxylic acids is 1. The number of ketones is 1. The second kappa shape index (κ2) is 4.70. The molecule has 1 rings (SSSR count). The molecular weight excluding hydrogens is 179 g/mol. The molecule has 0 spiro atoms. The molecule has 0 bridgehead atoms. The van der Waals surface area contributed by atoms with Gasteiger partial charge in [0, 0.05) is 0 Å². The van der Waals surface area contributed by atoms with Crippen LogP contribution in [0.4, 0.5) is 4.39 Å². The molecule has 0 heterocycles. The zero-order valence-electron chi connectivity index (χ0n) is 8.38. The summed E-state index contributed by atoms with van der Waals surface area (Å²) in [5.74, 6) is -0.188. The normalized spacial score (nSPS) is 11.5. The maximum absolute atomic E-state index is 12.6. The number of benzene rings is 1. The van der Waals surface area contributed by atoms with Gasteiger partial charge in [-0.2, -0.15) is 0 Å². The van der Waals surface area contributed by atoms with Gasteiger partial charge in [-0.3, -0.25) is 4.79 Å². The van der Waals surface area contributed by atoms with Crippen molar-refractivity contribution in [2.24, 2.45) is 0 Å². The molecule has 2 heteroatoms. The average Bonchev–Trinajstić information content (AvgIpc) is 2.07. The van der Waals surface area contributed by atoms with E-state index in [2.05, 4.69) is 0 Å². The summed E-state index contributed by atoms with van der Waals surface area (Å²) < 4.78 is 12.6. The number of hydrogen-bond acceptors (Lipinski definition) is 1. The monoisotopic (exact) mass is 192 g/mol. The van der Waals surface area contributed by atoms with E-state index in [9.17, 15) is 9.18 Å². The summed E-state index contributed by atoms with van der Waals surface area (Å²) in [5, 5.41) is 0. The average molecular weight is 192 g/mol. The summed E-state index contributed by atoms with van der Waals surface area (Å²) >= 11 is 0. The van der Waals surface area contributed by atoms with E-state index in [1.807, 2.05) is 6.92 Å². The van der Waals surface area contributed by atoms with Crippen LogP contribution < -0.4 is 0 Å². The lowest BCUT2D eigenvalue weighted by molar-refractivity contribution is -0.112. The van der Waals surface area contributed by atoms with Crippen LogP contribution in [0.15, 0.2) is 35.9 Å². The third kappa shape index (κ3) is 3.52. The minimum atomic E-state index is -0.234. The van der Waals surface area contributed by atoms with Crippen molar-refractivity contribution in [1.29, 1.82) is 0 Å². The first-order chi connectivity index (χ1) is 6.58. The van der Waals surface area contributed by atoms with Gasteiger partial charge in [0.2, 0.25) is 0 Å². The molecule has 0 saturated carbocycles. The van der Waals surface area contributed by atoms with Crippen LogP contribution in [0.3, 0.4) is 0 Å². The summed E-state index contributed by atoms with van der Waals surface area (Å²) in [4.78, 5) is 10.8. The van der Waals surface area contributed by atoms with Crippen molar-refractivity contribution in [3.63, 3.8) is 0 Å². The first-order valence-corrected chi connectivity index (χ1v) is 4.50. The third-order valence-corrected chi connectivity index (χ3v) is 1.85. The van der Waals surface area contributed by atoms with E-state index < -0.39 is 0 Å². The van der Waals surface area contributed by atoms with Gasteiger partial charge in [0.25, 0.3) is 0 Å². The van der Waals surface area contributed by atoms with E-state index in [0.29, 0.717) is 6.42 Å². The van der Waals surface area contributed by atoms with Gasteiger partial charge in [0.15, 0.2) is 5.78 Å². The maximum atomic E-state index is 12.6. The van der Waals surface area contributed by atoms with E-state index in [1.165, 1.54) is 19.1 Å². The Labute approximate surface area is 83.3 Å². The van der Waals surface area contributed by atoms with Crippen molar-refractivity contribution in [2.45, 2.75) is 20.3 Å². The predicted octanol–water partition coefficient (Wildman–Crippen LogP) is 2.90. The molecule has 0 saturated heterocycles. The Morgan fingerprint density at radius 1 is 1.29 bits per heavy atom. The topological polar surface area (TPSA) is 17.1 Å². The van der Waals surface area contributed by atoms with Crippen molar-refractivity contribution < 1.29 is 9.18 Å². The van der Waals surface area contributed by atoms with Gasteiger partial charge >= 0.3 is 0 Å². The van der Waals surface area contributed by atoms with Crippen LogP contribution in [0.2, 0.25) is 0 Å². The molecular formula is C12H13FO. The van der Waals surface area contributed by atoms with Gasteiger partial charge < -0.3 is 0 Å². The molecule has 74 valence electrons. The molecule has 1 aromatic rings. The van der Waals surface area contributed by atoms with Gasteiger partial charge in [0.1, 0.15) is 5.82 Å². The Kier molecular flexibility index (Phi) is 3.57. The zero-order chi connectivity index (χ0) is 10.6. The van der Waals surface area contributed by atoms with Crippen molar-refractivity contribution in [3.8, 4) is 0 Å². The second-order valence-electron chi connectivity index (χ2n) is 3.40. The first kappa shape index (κ1) is 10.6. The Bertz CT molecular complexity index is 349. The van der Waals surface area contributed by atoms with E-state index in [-0.39, 0.29) is 11.6 Å². The van der Waals surface area contributed by atoms with Crippen molar-refractivity contribution in [2.75, 3.05) is 0 Å². The van der Waals surface area contributed by atoms with Crippen LogP contribution in [0.5, 0.6) is 0 Å². The van der Waals surface area contributed by atoms with E-state index in [4.69, 9.17) is 0 Å². The third-order valence-electron chi connectivity index (χ3n) is 1.85. The van der Waals surface area contributed by atoms with Gasteiger partial charge in [-0.15, -0.1) is 0 Å². The first-order valence-electron chi connectivity index (χ1n) is 4.50. The van der Waals surface area contributed by atoms with E-state index in [1.54, 1.807) is 18.2 Å². The fraction of sp³-hybridized carbons (Fsp3) is 0.250. The minimum Gasteiger partial charge on any atom is -0.295 e. The molecule has 1 nitrogen and oxygen atoms in total. The maximum Gasteiger partial charge on any atom is 0.152 e. The largest absolute Gasteiger partial charge is 0.295 e. The Morgan fingerprint density at radius 3 is 2.36 bits per heavy atom. The molecule has 0 aliphatic carbocycles. The van der Waals surface area contributed by atoms with Gasteiger partial charge in [-0.25, -0.2) is 4.39 Å². The summed E-state index contributed by atoms with van der Waals surface area (Å²) in [7, 11) is 0. The van der Waals surface area contributed by atoms with E-state index in [0.717, 1.165) is 11.1 Å². The summed E-state index contributed by atoms with van der Waals surface area (Å²) in [6.07, 6.45) is 2.29. The van der Waals surface area contributed by atoms with Crippen LogP contribution in [-0.2, 0) is 11.2 Å². The molecule has 0 atom stereocenters. The number of hydrogen-bond donors (Lipinski definition) is 0. The Hall–Kier alpha value is -1.44. The van der Waals surface area contributed by atoms with Gasteiger partial charge in [-0.05, 0) is 44.0 Å². The lowest BCUT2D eigenvalue weighted by Crippen LogP contribution is -1.91. The fourth-order valence-electron chi connectivity index (χ4n) is 1.32. The standard InChI is InChI=1S/C12H13FO/c1-9(7-10(2)14)8-11-3-5-12(13)6-4-11/h3-7H,8H2,1-2H3/b9-7-. The number of rotatable bonds is 3. The van der Waals surface area contributed by atoms with Crippen LogP contribution in [0, 0.1) is 5.82 Å². The smallest absolute Gasteiger partial charge is 0.152 e. The van der Waals surface area contributed by atoms with Crippen molar-refractivity contribution in [3.05, 3.63) is 47.3 Å². The van der Waals surface area contributed by atoms with Crippen LogP contribution >= 0.6 is 0 Å². The predicted molar refractivity (Wildman–Crippen MR) is 54.5 cm³/mol. The summed E-state index contributed by atoms with van der Waals surface area (Å²) in [6.45, 7) is 3.42. The molecule has 0 aliphatic rings. The molecule has 1 aromatic carbocycles. The SMILES string of the molecule is CC(=O)/C=C(/C)Cc1ccc(F)cc1. The summed E-state index contributed by atoms with van der Waals surface area (Å²) in [5.41, 5.74) is 2.01. The Morgan fingerprint density at radius 2 is 1.86 bits per heavy atom. The molecule has 0 N–H and O–H groups in total. The minimum absolute atomic E-state index is 0.0459. The lowest BCUT2D eigenvalue weighted by atomic mass is 10.1. The summed E-state index contributed by atoms with van der Waals surface area (Å²) in [6, 6.07) is 6.31. The number of carbonyl (C=O) groups is 1. The molecule has 14 heavy (non-hydrogen) atoms. The van der Waals surface area contributed by atoms with Crippen LogP contribution in [0.1, 0.15) is 19.4 Å². The molecule has 0 amide bonds. The highest BCUT2D eigenvalue weighted by Crippen LogP contribution is 2.08. The molecule has 0 radical (unpaired) electrons. The molecule has 0 aliphatic heterocycles. The highest BCUT2D eigenvalue weighted by atomic mass is 19.1. The van der Waals surface area contributed by atoms with Crippen molar-refractivity contribution in [1.82, 2.24) is 0 Å². The van der Waals surface area contributed by atoms with Crippen LogP contribution in [-0.4, -0.2) is 5.78 Å².